The van der Waals surface area contributed by atoms with E-state index in [0.29, 0.717) is 16.7 Å². The van der Waals surface area contributed by atoms with Gasteiger partial charge in [-0.05, 0) is 18.2 Å². The number of non-ortho nitro benzene ring substituents is 1. The van der Waals surface area contributed by atoms with E-state index in [2.05, 4.69) is 14.1 Å². The molecule has 0 spiro atoms. The van der Waals surface area contributed by atoms with Crippen molar-refractivity contribution in [1.29, 1.82) is 0 Å². The van der Waals surface area contributed by atoms with Gasteiger partial charge in [0.25, 0.3) is 17.5 Å². The molecule has 0 radical (unpaired) electrons. The van der Waals surface area contributed by atoms with Crippen LogP contribution >= 0.6 is 11.7 Å². The predicted molar refractivity (Wildman–Crippen MR) is 94.5 cm³/mol. The molecule has 0 unspecified atom stereocenters. The number of benzene rings is 2. The molecule has 0 fully saturated rings. The highest BCUT2D eigenvalue weighted by Gasteiger charge is 2.37. The molecule has 10 nitrogen and oxygen atoms in total. The molecule has 0 saturated heterocycles. The van der Waals surface area contributed by atoms with Crippen molar-refractivity contribution in [1.82, 2.24) is 13.6 Å². The maximum Gasteiger partial charge on any atom is 0.270 e. The fourth-order valence-corrected chi connectivity index (χ4v) is 3.33. The number of carbonyl (C=O) groups is 3. The SMILES string of the molecule is O=C(CN1C(=O)c2ccc([N+](=O)[O-])cc2C1=O)Nc1cccc2nsnc12. The summed E-state index contributed by atoms with van der Waals surface area (Å²) in [6.07, 6.45) is 0. The van der Waals surface area contributed by atoms with Crippen LogP contribution in [0.3, 0.4) is 0 Å². The predicted octanol–water partition coefficient (Wildman–Crippen LogP) is 1.83. The molecule has 1 N–H and O–H groups in total. The Balaban J connectivity index is 1.55. The topological polar surface area (TPSA) is 135 Å². The molecule has 0 bridgehead atoms. The first-order chi connectivity index (χ1) is 13.0. The summed E-state index contributed by atoms with van der Waals surface area (Å²) in [5.41, 5.74) is 1.18. The van der Waals surface area contributed by atoms with Crippen molar-refractivity contribution in [3.05, 3.63) is 57.6 Å². The Morgan fingerprint density at radius 1 is 1.15 bits per heavy atom. The number of nitrogens with zero attached hydrogens (tertiary/aromatic N) is 4. The largest absolute Gasteiger partial charge is 0.323 e. The van der Waals surface area contributed by atoms with Crippen LogP contribution in [0.5, 0.6) is 0 Å². The summed E-state index contributed by atoms with van der Waals surface area (Å²) in [7, 11) is 0. The van der Waals surface area contributed by atoms with Crippen LogP contribution in [0, 0.1) is 10.1 Å². The lowest BCUT2D eigenvalue weighted by Crippen LogP contribution is -2.37. The highest BCUT2D eigenvalue weighted by molar-refractivity contribution is 7.00. The summed E-state index contributed by atoms with van der Waals surface area (Å²) in [4.78, 5) is 48.1. The van der Waals surface area contributed by atoms with E-state index in [1.807, 2.05) is 0 Å². The Hall–Kier alpha value is -3.73. The Kier molecular flexibility index (Phi) is 3.85. The molecule has 4 rings (SSSR count). The van der Waals surface area contributed by atoms with Gasteiger partial charge in [0.15, 0.2) is 0 Å². The Bertz CT molecular complexity index is 1140. The number of anilines is 1. The van der Waals surface area contributed by atoms with E-state index in [9.17, 15) is 24.5 Å². The zero-order valence-corrected chi connectivity index (χ0v) is 14.2. The maximum absolute atomic E-state index is 12.4. The minimum absolute atomic E-state index is 0.0317. The minimum atomic E-state index is -0.748. The third-order valence-electron chi connectivity index (χ3n) is 4.03. The summed E-state index contributed by atoms with van der Waals surface area (Å²) in [6.45, 7) is -0.520. The third kappa shape index (κ3) is 2.79. The monoisotopic (exact) mass is 383 g/mol. The number of rotatable bonds is 4. The van der Waals surface area contributed by atoms with Crippen LogP contribution in [0.15, 0.2) is 36.4 Å². The van der Waals surface area contributed by atoms with E-state index in [1.54, 1.807) is 18.2 Å². The molecular formula is C16H9N5O5S. The van der Waals surface area contributed by atoms with Crippen LogP contribution in [0.4, 0.5) is 11.4 Å². The van der Waals surface area contributed by atoms with Gasteiger partial charge < -0.3 is 5.32 Å². The van der Waals surface area contributed by atoms with Gasteiger partial charge in [0, 0.05) is 12.1 Å². The maximum atomic E-state index is 12.4. The molecule has 1 aromatic heterocycles. The molecule has 0 atom stereocenters. The highest BCUT2D eigenvalue weighted by atomic mass is 32.1. The fraction of sp³-hybridized carbons (Fsp3) is 0.0625. The lowest BCUT2D eigenvalue weighted by atomic mass is 10.1. The first-order valence-corrected chi connectivity index (χ1v) is 8.34. The smallest absolute Gasteiger partial charge is 0.270 e. The van der Waals surface area contributed by atoms with Gasteiger partial charge in [0.05, 0.1) is 33.5 Å². The normalized spacial score (nSPS) is 13.1. The van der Waals surface area contributed by atoms with Gasteiger partial charge in [0.2, 0.25) is 5.91 Å². The van der Waals surface area contributed by atoms with Gasteiger partial charge >= 0.3 is 0 Å². The van der Waals surface area contributed by atoms with Gasteiger partial charge in [-0.2, -0.15) is 8.75 Å². The Morgan fingerprint density at radius 3 is 2.70 bits per heavy atom. The standard InChI is InChI=1S/C16H9N5O5S/c22-13(17-11-2-1-3-12-14(11)19-27-18-12)7-20-15(23)9-5-4-8(21(25)26)6-10(9)16(20)24/h1-6H,7H2,(H,17,22). The van der Waals surface area contributed by atoms with Crippen LogP contribution in [0.2, 0.25) is 0 Å². The van der Waals surface area contributed by atoms with Gasteiger partial charge in [0.1, 0.15) is 17.6 Å². The quantitative estimate of drug-likeness (QED) is 0.412. The van der Waals surface area contributed by atoms with Crippen LogP contribution in [-0.4, -0.2) is 42.8 Å². The molecule has 1 aliphatic rings. The second kappa shape index (κ2) is 6.21. The molecule has 1 aliphatic heterocycles. The number of carbonyl (C=O) groups excluding carboxylic acids is 3. The first-order valence-electron chi connectivity index (χ1n) is 7.61. The molecule has 134 valence electrons. The zero-order valence-electron chi connectivity index (χ0n) is 13.4. The molecule has 27 heavy (non-hydrogen) atoms. The van der Waals surface area contributed by atoms with E-state index >= 15 is 0 Å². The van der Waals surface area contributed by atoms with Crippen LogP contribution in [0.1, 0.15) is 20.7 Å². The van der Waals surface area contributed by atoms with Crippen molar-refractivity contribution >= 4 is 51.9 Å². The molecule has 3 amide bonds. The van der Waals surface area contributed by atoms with Crippen molar-refractivity contribution in [2.24, 2.45) is 0 Å². The lowest BCUT2D eigenvalue weighted by molar-refractivity contribution is -0.384. The molecular weight excluding hydrogens is 374 g/mol. The van der Waals surface area contributed by atoms with Crippen LogP contribution in [-0.2, 0) is 4.79 Å². The number of aromatic nitrogens is 2. The minimum Gasteiger partial charge on any atom is -0.323 e. The molecule has 11 heteroatoms. The molecule has 3 aromatic rings. The molecule has 2 heterocycles. The first kappa shape index (κ1) is 16.7. The van der Waals surface area contributed by atoms with Crippen molar-refractivity contribution in [3.8, 4) is 0 Å². The summed E-state index contributed by atoms with van der Waals surface area (Å²) >= 11 is 0.998. The second-order valence-electron chi connectivity index (χ2n) is 5.67. The van der Waals surface area contributed by atoms with Crippen molar-refractivity contribution in [2.75, 3.05) is 11.9 Å². The average Bonchev–Trinajstić information content (AvgIpc) is 3.21. The zero-order chi connectivity index (χ0) is 19.1. The van der Waals surface area contributed by atoms with Crippen LogP contribution in [0.25, 0.3) is 11.0 Å². The van der Waals surface area contributed by atoms with Crippen LogP contribution < -0.4 is 5.32 Å². The molecule has 0 saturated carbocycles. The molecule has 2 aromatic carbocycles. The fourth-order valence-electron chi connectivity index (χ4n) is 2.78. The lowest BCUT2D eigenvalue weighted by Gasteiger charge is -2.13. The van der Waals surface area contributed by atoms with E-state index in [4.69, 9.17) is 0 Å². The Morgan fingerprint density at radius 2 is 1.93 bits per heavy atom. The number of nitro benzene ring substituents is 1. The van der Waals surface area contributed by atoms with Gasteiger partial charge in [-0.15, -0.1) is 0 Å². The van der Waals surface area contributed by atoms with Crippen molar-refractivity contribution < 1.29 is 19.3 Å². The van der Waals surface area contributed by atoms with E-state index in [-0.39, 0.29) is 16.8 Å². The summed E-state index contributed by atoms with van der Waals surface area (Å²) in [5.74, 6) is -2.02. The van der Waals surface area contributed by atoms with Gasteiger partial charge in [-0.1, -0.05) is 6.07 Å². The highest BCUT2D eigenvalue weighted by Crippen LogP contribution is 2.27. The van der Waals surface area contributed by atoms with Gasteiger partial charge in [-0.25, -0.2) is 0 Å². The average molecular weight is 383 g/mol. The number of hydrogen-bond donors (Lipinski definition) is 1. The Labute approximate surface area is 154 Å². The molecule has 0 aliphatic carbocycles. The summed E-state index contributed by atoms with van der Waals surface area (Å²) in [6, 6.07) is 8.46. The summed E-state index contributed by atoms with van der Waals surface area (Å²) < 4.78 is 8.17. The number of nitrogens with one attached hydrogen (secondary N) is 1. The van der Waals surface area contributed by atoms with E-state index in [0.717, 1.165) is 28.8 Å². The second-order valence-corrected chi connectivity index (χ2v) is 6.20. The number of imide groups is 1. The summed E-state index contributed by atoms with van der Waals surface area (Å²) in [5, 5.41) is 13.5. The number of fused-ring (bicyclic) bond motifs is 2. The number of amides is 3. The van der Waals surface area contributed by atoms with Crippen molar-refractivity contribution in [2.45, 2.75) is 0 Å². The van der Waals surface area contributed by atoms with Crippen molar-refractivity contribution in [3.63, 3.8) is 0 Å². The third-order valence-corrected chi connectivity index (χ3v) is 4.57. The van der Waals surface area contributed by atoms with Gasteiger partial charge in [-0.3, -0.25) is 29.4 Å². The van der Waals surface area contributed by atoms with E-state index < -0.39 is 29.2 Å². The number of nitro groups is 1. The van der Waals surface area contributed by atoms with E-state index in [1.165, 1.54) is 6.07 Å². The number of hydrogen-bond acceptors (Lipinski definition) is 8.